The summed E-state index contributed by atoms with van der Waals surface area (Å²) in [5.41, 5.74) is 1.66. The van der Waals surface area contributed by atoms with E-state index in [1.165, 1.54) is 0 Å². The van der Waals surface area contributed by atoms with E-state index in [4.69, 9.17) is 4.74 Å². The van der Waals surface area contributed by atoms with E-state index in [0.717, 1.165) is 17.7 Å². The minimum Gasteiger partial charge on any atom is -0.493 e. The number of rotatable bonds is 2. The Hall–Kier alpha value is -2.36. The van der Waals surface area contributed by atoms with Crippen LogP contribution in [0.2, 0.25) is 0 Å². The number of hydrogen-bond donors (Lipinski definition) is 1. The highest BCUT2D eigenvalue weighted by Crippen LogP contribution is 2.31. The van der Waals surface area contributed by atoms with Gasteiger partial charge in [-0.1, -0.05) is 18.2 Å². The van der Waals surface area contributed by atoms with Crippen molar-refractivity contribution >= 4 is 5.91 Å². The molecule has 1 aromatic heterocycles. The van der Waals surface area contributed by atoms with Crippen molar-refractivity contribution in [2.45, 2.75) is 12.5 Å². The van der Waals surface area contributed by atoms with Crippen LogP contribution in [0, 0.1) is 0 Å². The van der Waals surface area contributed by atoms with Crippen molar-refractivity contribution in [2.24, 2.45) is 0 Å². The first-order valence-corrected chi connectivity index (χ1v) is 6.27. The monoisotopic (exact) mass is 254 g/mol. The molecular formula is C15H14N2O2. The molecule has 4 nitrogen and oxygen atoms in total. The molecule has 1 aliphatic heterocycles. The zero-order valence-electron chi connectivity index (χ0n) is 10.4. The molecule has 0 radical (unpaired) electrons. The average Bonchev–Trinajstić information content (AvgIpc) is 2.48. The van der Waals surface area contributed by atoms with Crippen LogP contribution in [0.15, 0.2) is 48.8 Å². The molecule has 0 saturated carbocycles. The van der Waals surface area contributed by atoms with Gasteiger partial charge in [-0.25, -0.2) is 0 Å². The number of aromatic nitrogens is 1. The summed E-state index contributed by atoms with van der Waals surface area (Å²) in [5.74, 6) is 0.776. The molecule has 1 N–H and O–H groups in total. The van der Waals surface area contributed by atoms with E-state index in [1.807, 2.05) is 24.3 Å². The maximum absolute atomic E-state index is 12.1. The molecule has 1 atom stereocenters. The van der Waals surface area contributed by atoms with Gasteiger partial charge in [0.15, 0.2) is 0 Å². The predicted molar refractivity (Wildman–Crippen MR) is 71.0 cm³/mol. The number of para-hydroxylation sites is 1. The Bertz CT molecular complexity index is 584. The Morgan fingerprint density at radius 1 is 1.21 bits per heavy atom. The minimum absolute atomic E-state index is 0.00520. The first-order valence-electron chi connectivity index (χ1n) is 6.27. The molecule has 0 saturated heterocycles. The zero-order valence-corrected chi connectivity index (χ0v) is 10.4. The third-order valence-corrected chi connectivity index (χ3v) is 3.21. The van der Waals surface area contributed by atoms with Gasteiger partial charge in [-0.05, 0) is 18.2 Å². The fraction of sp³-hybridized carbons (Fsp3) is 0.200. The fourth-order valence-electron chi connectivity index (χ4n) is 2.24. The highest BCUT2D eigenvalue weighted by molar-refractivity contribution is 5.94. The molecule has 1 unspecified atom stereocenters. The summed E-state index contributed by atoms with van der Waals surface area (Å²) < 4.78 is 5.58. The SMILES string of the molecule is O=C(NC1CCOc2ccccc21)c1ccncc1. The predicted octanol–water partition coefficient (Wildman–Crippen LogP) is 2.34. The van der Waals surface area contributed by atoms with Crippen LogP contribution in [0.4, 0.5) is 0 Å². The van der Waals surface area contributed by atoms with E-state index < -0.39 is 0 Å². The third kappa shape index (κ3) is 2.42. The number of ether oxygens (including phenoxy) is 1. The van der Waals surface area contributed by atoms with Crippen molar-refractivity contribution in [3.05, 3.63) is 59.9 Å². The van der Waals surface area contributed by atoms with Gasteiger partial charge >= 0.3 is 0 Å². The Morgan fingerprint density at radius 3 is 2.84 bits per heavy atom. The van der Waals surface area contributed by atoms with E-state index >= 15 is 0 Å². The van der Waals surface area contributed by atoms with Crippen molar-refractivity contribution in [3.8, 4) is 5.75 Å². The first kappa shape index (κ1) is 11.7. The van der Waals surface area contributed by atoms with Gasteiger partial charge in [-0.15, -0.1) is 0 Å². The minimum atomic E-state index is -0.0795. The van der Waals surface area contributed by atoms with E-state index in [9.17, 15) is 4.79 Å². The maximum atomic E-state index is 12.1. The number of carbonyl (C=O) groups excluding carboxylic acids is 1. The lowest BCUT2D eigenvalue weighted by Crippen LogP contribution is -2.32. The van der Waals surface area contributed by atoms with E-state index in [-0.39, 0.29) is 11.9 Å². The lowest BCUT2D eigenvalue weighted by Gasteiger charge is -2.26. The number of pyridine rings is 1. The van der Waals surface area contributed by atoms with Gasteiger partial charge in [0.25, 0.3) is 5.91 Å². The molecule has 0 bridgehead atoms. The Labute approximate surface area is 111 Å². The molecule has 2 aromatic rings. The third-order valence-electron chi connectivity index (χ3n) is 3.21. The average molecular weight is 254 g/mol. The number of carbonyl (C=O) groups is 1. The standard InChI is InChI=1S/C15H14N2O2/c18-15(11-5-8-16-9-6-11)17-13-7-10-19-14-4-2-1-3-12(13)14/h1-6,8-9,13H,7,10H2,(H,17,18). The van der Waals surface area contributed by atoms with Crippen LogP contribution in [-0.4, -0.2) is 17.5 Å². The van der Waals surface area contributed by atoms with Crippen LogP contribution in [0.5, 0.6) is 5.75 Å². The summed E-state index contributed by atoms with van der Waals surface area (Å²) in [4.78, 5) is 16.1. The second-order valence-corrected chi connectivity index (χ2v) is 4.44. The number of amides is 1. The van der Waals surface area contributed by atoms with Crippen molar-refractivity contribution < 1.29 is 9.53 Å². The van der Waals surface area contributed by atoms with Crippen molar-refractivity contribution in [3.63, 3.8) is 0 Å². The number of fused-ring (bicyclic) bond motifs is 1. The lowest BCUT2D eigenvalue weighted by molar-refractivity contribution is 0.0924. The van der Waals surface area contributed by atoms with Crippen LogP contribution in [0.1, 0.15) is 28.4 Å². The maximum Gasteiger partial charge on any atom is 0.251 e. The Kier molecular flexibility index (Phi) is 3.14. The van der Waals surface area contributed by atoms with E-state index in [1.54, 1.807) is 24.5 Å². The van der Waals surface area contributed by atoms with Gasteiger partial charge < -0.3 is 10.1 Å². The van der Waals surface area contributed by atoms with Crippen LogP contribution in [0.3, 0.4) is 0 Å². The number of hydrogen-bond acceptors (Lipinski definition) is 3. The van der Waals surface area contributed by atoms with Crippen molar-refractivity contribution in [2.75, 3.05) is 6.61 Å². The molecule has 0 aliphatic carbocycles. The molecule has 2 heterocycles. The van der Waals surface area contributed by atoms with Gasteiger partial charge in [-0.2, -0.15) is 0 Å². The highest BCUT2D eigenvalue weighted by Gasteiger charge is 2.22. The van der Waals surface area contributed by atoms with Gasteiger partial charge in [0.1, 0.15) is 5.75 Å². The topological polar surface area (TPSA) is 51.2 Å². The van der Waals surface area contributed by atoms with Crippen LogP contribution < -0.4 is 10.1 Å². The second-order valence-electron chi connectivity index (χ2n) is 4.44. The van der Waals surface area contributed by atoms with E-state index in [2.05, 4.69) is 10.3 Å². The molecule has 1 aliphatic rings. The Balaban J connectivity index is 1.80. The van der Waals surface area contributed by atoms with Gasteiger partial charge in [-0.3, -0.25) is 9.78 Å². The van der Waals surface area contributed by atoms with Crippen LogP contribution in [-0.2, 0) is 0 Å². The van der Waals surface area contributed by atoms with Crippen molar-refractivity contribution in [1.82, 2.24) is 10.3 Å². The zero-order chi connectivity index (χ0) is 13.1. The molecule has 0 spiro atoms. The normalized spacial score (nSPS) is 17.2. The van der Waals surface area contributed by atoms with Gasteiger partial charge in [0.2, 0.25) is 0 Å². The van der Waals surface area contributed by atoms with Crippen molar-refractivity contribution in [1.29, 1.82) is 0 Å². The molecular weight excluding hydrogens is 240 g/mol. The quantitative estimate of drug-likeness (QED) is 0.895. The second kappa shape index (κ2) is 5.10. The highest BCUT2D eigenvalue weighted by atomic mass is 16.5. The number of benzene rings is 1. The van der Waals surface area contributed by atoms with Gasteiger partial charge in [0, 0.05) is 29.9 Å². The van der Waals surface area contributed by atoms with Crippen LogP contribution >= 0.6 is 0 Å². The summed E-state index contributed by atoms with van der Waals surface area (Å²) in [6, 6.07) is 11.2. The Morgan fingerprint density at radius 2 is 2.00 bits per heavy atom. The summed E-state index contributed by atoms with van der Waals surface area (Å²) >= 11 is 0. The molecule has 96 valence electrons. The summed E-state index contributed by atoms with van der Waals surface area (Å²) in [6.45, 7) is 0.623. The summed E-state index contributed by atoms with van der Waals surface area (Å²) in [5, 5.41) is 3.04. The number of nitrogens with one attached hydrogen (secondary N) is 1. The molecule has 1 amide bonds. The number of nitrogens with zero attached hydrogens (tertiary/aromatic N) is 1. The fourth-order valence-corrected chi connectivity index (χ4v) is 2.24. The van der Waals surface area contributed by atoms with Crippen LogP contribution in [0.25, 0.3) is 0 Å². The smallest absolute Gasteiger partial charge is 0.251 e. The molecule has 3 rings (SSSR count). The molecule has 4 heteroatoms. The molecule has 19 heavy (non-hydrogen) atoms. The molecule has 0 fully saturated rings. The van der Waals surface area contributed by atoms with Gasteiger partial charge in [0.05, 0.1) is 12.6 Å². The molecule has 1 aromatic carbocycles. The summed E-state index contributed by atoms with van der Waals surface area (Å²) in [7, 11) is 0. The first-order chi connectivity index (χ1) is 9.34. The van der Waals surface area contributed by atoms with E-state index in [0.29, 0.717) is 12.2 Å². The summed E-state index contributed by atoms with van der Waals surface area (Å²) in [6.07, 6.45) is 4.02. The lowest BCUT2D eigenvalue weighted by atomic mass is 10.0. The largest absolute Gasteiger partial charge is 0.493 e.